The lowest BCUT2D eigenvalue weighted by molar-refractivity contribution is -0.119. The van der Waals surface area contributed by atoms with Gasteiger partial charge in [0.05, 0.1) is 0 Å². The second kappa shape index (κ2) is 7.61. The average Bonchev–Trinajstić information content (AvgIpc) is 3.10. The topological polar surface area (TPSA) is 88.6 Å². The van der Waals surface area contributed by atoms with Crippen molar-refractivity contribution in [3.8, 4) is 0 Å². The van der Waals surface area contributed by atoms with Crippen molar-refractivity contribution in [2.45, 2.75) is 58.5 Å². The number of halogens is 1. The molecule has 6 nitrogen and oxygen atoms in total. The monoisotopic (exact) mass is 383 g/mol. The van der Waals surface area contributed by atoms with Crippen molar-refractivity contribution in [1.29, 1.82) is 0 Å². The zero-order valence-corrected chi connectivity index (χ0v) is 16.8. The Balaban J connectivity index is 0.00000243. The highest BCUT2D eigenvalue weighted by Gasteiger charge is 2.43. The van der Waals surface area contributed by atoms with Gasteiger partial charge in [-0.25, -0.2) is 0 Å². The maximum absolute atomic E-state index is 11.5. The molecule has 2 aliphatic rings. The lowest BCUT2D eigenvalue weighted by Gasteiger charge is -2.21. The van der Waals surface area contributed by atoms with Gasteiger partial charge < -0.3 is 15.5 Å². The number of likely N-dealkylation sites (tertiary alicyclic amines) is 1. The smallest absolute Gasteiger partial charge is 0.284 e. The van der Waals surface area contributed by atoms with Crippen molar-refractivity contribution in [2.75, 3.05) is 13.1 Å². The van der Waals surface area contributed by atoms with Crippen LogP contribution in [-0.2, 0) is 16.8 Å². The number of nitrogens with two attached hydrogens (primary N) is 1. The number of nitrogens with one attached hydrogen (secondary N) is 1. The fraction of sp³-hybridized carbons (Fsp3) is 0.684. The molecule has 2 atom stereocenters. The molecule has 2 amide bonds. The molecule has 26 heavy (non-hydrogen) atoms. The highest BCUT2D eigenvalue weighted by Crippen LogP contribution is 2.42. The van der Waals surface area contributed by atoms with Gasteiger partial charge in [0, 0.05) is 43.6 Å². The lowest BCUT2D eigenvalue weighted by atomic mass is 9.90. The lowest BCUT2D eigenvalue weighted by Crippen LogP contribution is -2.39. The number of nitrogens with zero attached hydrogens (tertiary/aromatic N) is 1. The normalized spacial score (nSPS) is 23.5. The Labute approximate surface area is 161 Å². The van der Waals surface area contributed by atoms with E-state index >= 15 is 0 Å². The molecular weight excluding hydrogens is 354 g/mol. The Morgan fingerprint density at radius 1 is 1.31 bits per heavy atom. The molecule has 0 spiro atoms. The van der Waals surface area contributed by atoms with Crippen LogP contribution in [0.2, 0.25) is 0 Å². The van der Waals surface area contributed by atoms with Crippen LogP contribution in [-0.4, -0.2) is 35.8 Å². The van der Waals surface area contributed by atoms with Crippen LogP contribution in [0.15, 0.2) is 10.5 Å². The molecule has 0 unspecified atom stereocenters. The molecule has 1 saturated carbocycles. The molecular formula is C19H30ClN3O3. The summed E-state index contributed by atoms with van der Waals surface area (Å²) in [5.41, 5.74) is 6.22. The van der Waals surface area contributed by atoms with Crippen LogP contribution in [0.25, 0.3) is 0 Å². The van der Waals surface area contributed by atoms with E-state index in [0.717, 1.165) is 30.3 Å². The van der Waals surface area contributed by atoms with Gasteiger partial charge in [-0.3, -0.25) is 14.5 Å². The number of hydrogen-bond acceptors (Lipinski definition) is 4. The van der Waals surface area contributed by atoms with E-state index in [1.807, 2.05) is 0 Å². The van der Waals surface area contributed by atoms with Gasteiger partial charge in [-0.2, -0.15) is 0 Å². The van der Waals surface area contributed by atoms with Gasteiger partial charge in [0.15, 0.2) is 5.76 Å². The van der Waals surface area contributed by atoms with E-state index < -0.39 is 5.91 Å². The van der Waals surface area contributed by atoms with Gasteiger partial charge in [0.1, 0.15) is 5.76 Å². The van der Waals surface area contributed by atoms with E-state index in [1.54, 1.807) is 13.0 Å². The predicted molar refractivity (Wildman–Crippen MR) is 102 cm³/mol. The van der Waals surface area contributed by atoms with E-state index in [0.29, 0.717) is 12.5 Å². The van der Waals surface area contributed by atoms with E-state index in [4.69, 9.17) is 10.2 Å². The number of carbonyl (C=O) groups excluding carboxylic acids is 2. The van der Waals surface area contributed by atoms with Crippen molar-refractivity contribution >= 4 is 24.2 Å². The summed E-state index contributed by atoms with van der Waals surface area (Å²) in [5.74, 6) is 1.78. The SMILES string of the molecule is CC(=O)N[C@H]1CN(Cc2cc(C(N)=O)oc2C(C)(C)C)C[C@@H]1C1CC1.Cl. The van der Waals surface area contributed by atoms with Crippen molar-refractivity contribution in [3.05, 3.63) is 23.2 Å². The maximum atomic E-state index is 11.5. The summed E-state index contributed by atoms with van der Waals surface area (Å²) in [6.07, 6.45) is 2.53. The first-order valence-corrected chi connectivity index (χ1v) is 9.07. The van der Waals surface area contributed by atoms with Crippen LogP contribution >= 0.6 is 12.4 Å². The standard InChI is InChI=1S/C19H29N3O3.ClH/c1-11(23)21-15-10-22(9-14(15)12-5-6-12)8-13-7-16(18(20)24)25-17(13)19(2,3)4;/h7,12,14-15H,5-6,8-10H2,1-4H3,(H2,20,24)(H,21,23);1H/t14-,15+;/m1./s1. The van der Waals surface area contributed by atoms with Gasteiger partial charge in [-0.1, -0.05) is 20.8 Å². The third-order valence-corrected chi connectivity index (χ3v) is 5.18. The van der Waals surface area contributed by atoms with Crippen LogP contribution < -0.4 is 11.1 Å². The first-order valence-electron chi connectivity index (χ1n) is 9.07. The molecule has 1 aromatic rings. The number of carbonyl (C=O) groups is 2. The fourth-order valence-corrected chi connectivity index (χ4v) is 4.00. The molecule has 1 saturated heterocycles. The Hall–Kier alpha value is -1.53. The minimum Gasteiger partial charge on any atom is -0.455 e. The summed E-state index contributed by atoms with van der Waals surface area (Å²) in [7, 11) is 0. The summed E-state index contributed by atoms with van der Waals surface area (Å²) in [5, 5.41) is 3.12. The average molecular weight is 384 g/mol. The molecule has 2 heterocycles. The Morgan fingerprint density at radius 3 is 2.46 bits per heavy atom. The quantitative estimate of drug-likeness (QED) is 0.817. The van der Waals surface area contributed by atoms with E-state index in [-0.39, 0.29) is 35.5 Å². The van der Waals surface area contributed by atoms with Crippen molar-refractivity contribution < 1.29 is 14.0 Å². The number of amides is 2. The first kappa shape index (κ1) is 20.8. The second-order valence-corrected chi connectivity index (χ2v) is 8.58. The van der Waals surface area contributed by atoms with Gasteiger partial charge in [-0.05, 0) is 30.7 Å². The van der Waals surface area contributed by atoms with Crippen LogP contribution in [0.1, 0.15) is 62.4 Å². The summed E-state index contributed by atoms with van der Waals surface area (Å²) >= 11 is 0. The largest absolute Gasteiger partial charge is 0.455 e. The Bertz CT molecular complexity index is 676. The van der Waals surface area contributed by atoms with E-state index in [9.17, 15) is 9.59 Å². The maximum Gasteiger partial charge on any atom is 0.284 e. The molecule has 1 aromatic heterocycles. The fourth-order valence-electron chi connectivity index (χ4n) is 4.00. The predicted octanol–water partition coefficient (Wildman–Crippen LogP) is 2.44. The van der Waals surface area contributed by atoms with Crippen molar-refractivity contribution in [2.24, 2.45) is 17.6 Å². The highest BCUT2D eigenvalue weighted by molar-refractivity contribution is 5.90. The van der Waals surface area contributed by atoms with Crippen LogP contribution in [0, 0.1) is 11.8 Å². The molecule has 2 fully saturated rings. The zero-order valence-electron chi connectivity index (χ0n) is 16.0. The molecule has 7 heteroatoms. The van der Waals surface area contributed by atoms with Crippen LogP contribution in [0.3, 0.4) is 0 Å². The summed E-state index contributed by atoms with van der Waals surface area (Å²) in [6.45, 7) is 10.3. The minimum absolute atomic E-state index is 0. The number of primary amides is 1. The molecule has 1 aliphatic heterocycles. The molecule has 0 bridgehead atoms. The molecule has 1 aliphatic carbocycles. The summed E-state index contributed by atoms with van der Waals surface area (Å²) in [6, 6.07) is 1.99. The van der Waals surface area contributed by atoms with Gasteiger partial charge >= 0.3 is 0 Å². The molecule has 0 radical (unpaired) electrons. The number of rotatable bonds is 5. The number of furan rings is 1. The highest BCUT2D eigenvalue weighted by atomic mass is 35.5. The molecule has 3 N–H and O–H groups in total. The number of hydrogen-bond donors (Lipinski definition) is 2. The third-order valence-electron chi connectivity index (χ3n) is 5.18. The van der Waals surface area contributed by atoms with Gasteiger partial charge in [0.2, 0.25) is 5.91 Å². The molecule has 3 rings (SSSR count). The Kier molecular flexibility index (Phi) is 6.08. The van der Waals surface area contributed by atoms with E-state index in [1.165, 1.54) is 12.8 Å². The first-order chi connectivity index (χ1) is 11.6. The summed E-state index contributed by atoms with van der Waals surface area (Å²) in [4.78, 5) is 25.4. The van der Waals surface area contributed by atoms with Crippen LogP contribution in [0.5, 0.6) is 0 Å². The van der Waals surface area contributed by atoms with Gasteiger partial charge in [-0.15, -0.1) is 12.4 Å². The van der Waals surface area contributed by atoms with Crippen LogP contribution in [0.4, 0.5) is 0 Å². The minimum atomic E-state index is -0.537. The van der Waals surface area contributed by atoms with E-state index in [2.05, 4.69) is 31.0 Å². The molecule has 0 aromatic carbocycles. The van der Waals surface area contributed by atoms with Crippen molar-refractivity contribution in [3.63, 3.8) is 0 Å². The Morgan fingerprint density at radius 2 is 1.96 bits per heavy atom. The second-order valence-electron chi connectivity index (χ2n) is 8.58. The summed E-state index contributed by atoms with van der Waals surface area (Å²) < 4.78 is 5.76. The molecule has 146 valence electrons. The third kappa shape index (κ3) is 4.60. The van der Waals surface area contributed by atoms with Crippen molar-refractivity contribution in [1.82, 2.24) is 10.2 Å². The van der Waals surface area contributed by atoms with Gasteiger partial charge in [0.25, 0.3) is 5.91 Å². The zero-order chi connectivity index (χ0) is 18.4.